The molecule has 8 heteroatoms. The molecule has 0 fully saturated rings. The van der Waals surface area contributed by atoms with Crippen LogP contribution in [-0.2, 0) is 6.42 Å². The van der Waals surface area contributed by atoms with Crippen molar-refractivity contribution in [2.75, 3.05) is 34.2 Å². The number of rotatable bonds is 7. The molecule has 0 amide bonds. The Kier molecular flexibility index (Phi) is 8.31. The average Bonchev–Trinajstić information content (AvgIpc) is 3.30. The minimum Gasteiger partial charge on any atom is -0.468 e. The molecule has 3 rings (SSSR count). The van der Waals surface area contributed by atoms with Crippen LogP contribution in [0, 0.1) is 5.82 Å². The summed E-state index contributed by atoms with van der Waals surface area (Å²) in [7, 11) is 5.77. The highest BCUT2D eigenvalue weighted by Crippen LogP contribution is 2.20. The lowest BCUT2D eigenvalue weighted by atomic mass is 10.1. The van der Waals surface area contributed by atoms with E-state index in [0.717, 1.165) is 34.6 Å². The highest BCUT2D eigenvalue weighted by Gasteiger charge is 2.17. The topological polar surface area (TPSA) is 68.6 Å². The number of benzene rings is 1. The Morgan fingerprint density at radius 1 is 1.29 bits per heavy atom. The molecular formula is C20H27FIN5O. The predicted octanol–water partition coefficient (Wildman–Crippen LogP) is 3.53. The van der Waals surface area contributed by atoms with Gasteiger partial charge in [0.05, 0.1) is 12.3 Å². The molecule has 2 aromatic heterocycles. The van der Waals surface area contributed by atoms with Crippen LogP contribution in [0.3, 0.4) is 0 Å². The molecule has 0 aliphatic rings. The first-order chi connectivity index (χ1) is 13.1. The van der Waals surface area contributed by atoms with Gasteiger partial charge in [-0.25, -0.2) is 4.39 Å². The third-order valence-corrected chi connectivity index (χ3v) is 4.60. The fourth-order valence-electron chi connectivity index (χ4n) is 3.11. The molecule has 28 heavy (non-hydrogen) atoms. The van der Waals surface area contributed by atoms with E-state index in [9.17, 15) is 4.39 Å². The van der Waals surface area contributed by atoms with E-state index in [1.807, 2.05) is 32.4 Å². The summed E-state index contributed by atoms with van der Waals surface area (Å²) in [6.45, 7) is 1.36. The van der Waals surface area contributed by atoms with Gasteiger partial charge < -0.3 is 20.0 Å². The molecule has 1 unspecified atom stereocenters. The van der Waals surface area contributed by atoms with Crippen LogP contribution in [0.1, 0.15) is 17.4 Å². The van der Waals surface area contributed by atoms with Crippen molar-refractivity contribution in [1.82, 2.24) is 20.5 Å². The first kappa shape index (κ1) is 22.2. The Hall–Kier alpha value is -2.07. The van der Waals surface area contributed by atoms with Crippen molar-refractivity contribution >= 4 is 40.8 Å². The molecule has 152 valence electrons. The number of hydrogen-bond acceptors (Lipinski definition) is 3. The number of aliphatic imine (C=N–C) groups is 1. The van der Waals surface area contributed by atoms with Crippen LogP contribution in [-0.4, -0.2) is 50.1 Å². The second-order valence-corrected chi connectivity index (χ2v) is 6.63. The predicted molar refractivity (Wildman–Crippen MR) is 122 cm³/mol. The quantitative estimate of drug-likeness (QED) is 0.265. The lowest BCUT2D eigenvalue weighted by Gasteiger charge is -2.23. The molecule has 0 spiro atoms. The molecule has 0 saturated heterocycles. The van der Waals surface area contributed by atoms with E-state index in [2.05, 4.69) is 25.5 Å². The van der Waals surface area contributed by atoms with E-state index in [1.165, 1.54) is 6.07 Å². The lowest BCUT2D eigenvalue weighted by molar-refractivity contribution is 0.258. The van der Waals surface area contributed by atoms with Crippen molar-refractivity contribution in [3.05, 3.63) is 59.9 Å². The Morgan fingerprint density at radius 2 is 2.11 bits per heavy atom. The Balaban J connectivity index is 0.00000280. The molecule has 0 bridgehead atoms. The summed E-state index contributed by atoms with van der Waals surface area (Å²) in [5.41, 5.74) is 2.02. The van der Waals surface area contributed by atoms with Crippen LogP contribution in [0.4, 0.5) is 4.39 Å². The zero-order chi connectivity index (χ0) is 19.2. The highest BCUT2D eigenvalue weighted by atomic mass is 127. The summed E-state index contributed by atoms with van der Waals surface area (Å²) in [6, 6.07) is 8.77. The van der Waals surface area contributed by atoms with Gasteiger partial charge in [-0.1, -0.05) is 0 Å². The SMILES string of the molecule is CN=C(NCCc1c[nH]c2ccc(F)cc12)NCC(c1ccco1)N(C)C.I. The molecule has 3 aromatic rings. The number of aromatic amines is 1. The number of H-pyrrole nitrogens is 1. The zero-order valence-corrected chi connectivity index (χ0v) is 18.7. The molecule has 1 atom stereocenters. The zero-order valence-electron chi connectivity index (χ0n) is 16.3. The van der Waals surface area contributed by atoms with Crippen molar-refractivity contribution in [2.45, 2.75) is 12.5 Å². The van der Waals surface area contributed by atoms with Gasteiger partial charge in [0.25, 0.3) is 0 Å². The fourth-order valence-corrected chi connectivity index (χ4v) is 3.11. The maximum Gasteiger partial charge on any atom is 0.191 e. The van der Waals surface area contributed by atoms with Gasteiger partial charge in [-0.15, -0.1) is 24.0 Å². The van der Waals surface area contributed by atoms with Crippen molar-refractivity contribution in [3.63, 3.8) is 0 Å². The summed E-state index contributed by atoms with van der Waals surface area (Å²) in [5.74, 6) is 1.41. The number of hydrogen-bond donors (Lipinski definition) is 3. The molecule has 2 heterocycles. The molecule has 0 radical (unpaired) electrons. The highest BCUT2D eigenvalue weighted by molar-refractivity contribution is 14.0. The van der Waals surface area contributed by atoms with E-state index >= 15 is 0 Å². The second-order valence-electron chi connectivity index (χ2n) is 6.63. The van der Waals surface area contributed by atoms with Crippen LogP contribution in [0.15, 0.2) is 52.2 Å². The molecule has 0 saturated carbocycles. The normalized spacial score (nSPS) is 12.8. The van der Waals surface area contributed by atoms with Gasteiger partial charge in [-0.3, -0.25) is 9.89 Å². The first-order valence-electron chi connectivity index (χ1n) is 8.98. The smallest absolute Gasteiger partial charge is 0.191 e. The maximum atomic E-state index is 13.5. The average molecular weight is 499 g/mol. The number of halogens is 2. The van der Waals surface area contributed by atoms with Crippen LogP contribution in [0.25, 0.3) is 10.9 Å². The molecule has 3 N–H and O–H groups in total. The number of nitrogens with zero attached hydrogens (tertiary/aromatic N) is 2. The number of guanidine groups is 1. The van der Waals surface area contributed by atoms with Crippen molar-refractivity contribution in [2.24, 2.45) is 4.99 Å². The summed E-state index contributed by atoms with van der Waals surface area (Å²) in [4.78, 5) is 9.55. The van der Waals surface area contributed by atoms with Crippen LogP contribution in [0.2, 0.25) is 0 Å². The second kappa shape index (κ2) is 10.5. The van der Waals surface area contributed by atoms with Gasteiger partial charge in [-0.05, 0) is 56.4 Å². The monoisotopic (exact) mass is 499 g/mol. The first-order valence-corrected chi connectivity index (χ1v) is 8.98. The molecule has 1 aromatic carbocycles. The number of fused-ring (bicyclic) bond motifs is 1. The summed E-state index contributed by atoms with van der Waals surface area (Å²) in [5, 5.41) is 7.57. The van der Waals surface area contributed by atoms with Crippen LogP contribution >= 0.6 is 24.0 Å². The Bertz CT molecular complexity index is 891. The van der Waals surface area contributed by atoms with Gasteiger partial charge in [0.2, 0.25) is 0 Å². The van der Waals surface area contributed by atoms with Gasteiger partial charge in [-0.2, -0.15) is 0 Å². The molecular weight excluding hydrogens is 472 g/mol. The number of aromatic nitrogens is 1. The molecule has 0 aliphatic heterocycles. The van der Waals surface area contributed by atoms with Gasteiger partial charge in [0, 0.05) is 37.2 Å². The molecule has 0 aliphatic carbocycles. The van der Waals surface area contributed by atoms with E-state index < -0.39 is 0 Å². The number of furan rings is 1. The van der Waals surface area contributed by atoms with E-state index in [4.69, 9.17) is 4.42 Å². The number of likely N-dealkylation sites (N-methyl/N-ethyl adjacent to an activating group) is 1. The number of nitrogens with one attached hydrogen (secondary N) is 3. The van der Waals surface area contributed by atoms with Crippen molar-refractivity contribution in [3.8, 4) is 0 Å². The maximum absolute atomic E-state index is 13.5. The van der Waals surface area contributed by atoms with Crippen LogP contribution in [0.5, 0.6) is 0 Å². The largest absolute Gasteiger partial charge is 0.468 e. The standard InChI is InChI=1S/C20H26FN5O.HI/c1-22-20(25-13-18(26(2)3)19-5-4-10-27-19)23-9-8-14-12-24-17-7-6-15(21)11-16(14)17;/h4-7,10-12,18,24H,8-9,13H2,1-3H3,(H2,22,23,25);1H. The van der Waals surface area contributed by atoms with Crippen molar-refractivity contribution in [1.29, 1.82) is 0 Å². The third-order valence-electron chi connectivity index (χ3n) is 4.60. The minimum absolute atomic E-state index is 0. The van der Waals surface area contributed by atoms with E-state index in [1.54, 1.807) is 25.4 Å². The van der Waals surface area contributed by atoms with Gasteiger partial charge in [0.15, 0.2) is 5.96 Å². The van der Waals surface area contributed by atoms with Gasteiger partial charge in [0.1, 0.15) is 11.6 Å². The fraction of sp³-hybridized carbons (Fsp3) is 0.350. The van der Waals surface area contributed by atoms with Crippen LogP contribution < -0.4 is 10.6 Å². The third kappa shape index (κ3) is 5.48. The summed E-state index contributed by atoms with van der Waals surface area (Å²) < 4.78 is 19.0. The summed E-state index contributed by atoms with van der Waals surface area (Å²) in [6.07, 6.45) is 4.38. The van der Waals surface area contributed by atoms with E-state index in [-0.39, 0.29) is 35.8 Å². The lowest BCUT2D eigenvalue weighted by Crippen LogP contribution is -2.42. The van der Waals surface area contributed by atoms with Gasteiger partial charge >= 0.3 is 0 Å². The summed E-state index contributed by atoms with van der Waals surface area (Å²) >= 11 is 0. The Morgan fingerprint density at radius 3 is 2.79 bits per heavy atom. The molecule has 6 nitrogen and oxygen atoms in total. The van der Waals surface area contributed by atoms with Crippen molar-refractivity contribution < 1.29 is 8.81 Å². The minimum atomic E-state index is -0.221. The van der Waals surface area contributed by atoms with E-state index in [0.29, 0.717) is 13.1 Å². The Labute approximate surface area is 181 Å².